The van der Waals surface area contributed by atoms with Crippen molar-refractivity contribution in [2.24, 2.45) is 17.3 Å². The summed E-state index contributed by atoms with van der Waals surface area (Å²) in [5, 5.41) is 9.82. The van der Waals surface area contributed by atoms with Crippen molar-refractivity contribution in [3.8, 4) is 5.75 Å². The normalized spacial score (nSPS) is 42.4. The molecule has 1 aromatic carbocycles. The van der Waals surface area contributed by atoms with Gasteiger partial charge in [0, 0.05) is 11.8 Å². The van der Waals surface area contributed by atoms with Crippen molar-refractivity contribution in [2.45, 2.75) is 76.2 Å². The van der Waals surface area contributed by atoms with Gasteiger partial charge in [0.05, 0.1) is 0 Å². The Kier molecular flexibility index (Phi) is 3.30. The van der Waals surface area contributed by atoms with E-state index in [1.54, 1.807) is 0 Å². The summed E-state index contributed by atoms with van der Waals surface area (Å²) < 4.78 is 6.10. The molecule has 3 aliphatic carbocycles. The molecule has 3 fully saturated rings. The first-order valence-corrected chi connectivity index (χ1v) is 10.1. The first-order valence-electron chi connectivity index (χ1n) is 10.1. The minimum absolute atomic E-state index is 0.0275. The van der Waals surface area contributed by atoms with Crippen LogP contribution in [0.15, 0.2) is 18.2 Å². The monoisotopic (exact) mass is 340 g/mol. The number of hydrogen-bond acceptors (Lipinski definition) is 3. The van der Waals surface area contributed by atoms with Crippen molar-refractivity contribution in [1.82, 2.24) is 0 Å². The van der Waals surface area contributed by atoms with Crippen molar-refractivity contribution in [1.29, 1.82) is 0 Å². The van der Waals surface area contributed by atoms with Crippen LogP contribution in [-0.4, -0.2) is 16.7 Å². The highest BCUT2D eigenvalue weighted by molar-refractivity contribution is 5.71. The summed E-state index contributed by atoms with van der Waals surface area (Å²) in [6, 6.07) is 5.99. The molecule has 1 saturated heterocycles. The first-order chi connectivity index (χ1) is 12.0. The number of phenolic OH excluding ortho intramolecular Hbond substituents is 1. The van der Waals surface area contributed by atoms with Gasteiger partial charge in [-0.1, -0.05) is 13.0 Å². The standard InChI is InChI=1S/C22H28O3/c1-21-11-8-17-16-7-5-15(23)13-14(16)4-6-18(17)19(21)9-12-22(21)10-2-3-20(24)25-22/h5,7,13,17-19,23H,2-4,6,8-12H2,1H3/t17?,18?,19?,21-,22-/m0/s1. The molecular weight excluding hydrogens is 312 g/mol. The molecule has 1 aliphatic heterocycles. The summed E-state index contributed by atoms with van der Waals surface area (Å²) in [5.74, 6) is 2.42. The van der Waals surface area contributed by atoms with Gasteiger partial charge in [-0.3, -0.25) is 4.79 Å². The summed E-state index contributed by atoms with van der Waals surface area (Å²) in [4.78, 5) is 12.1. The Hall–Kier alpha value is -1.51. The van der Waals surface area contributed by atoms with Gasteiger partial charge in [-0.25, -0.2) is 0 Å². The Bertz CT molecular complexity index is 726. The van der Waals surface area contributed by atoms with Crippen molar-refractivity contribution in [3.05, 3.63) is 29.3 Å². The van der Waals surface area contributed by atoms with Crippen molar-refractivity contribution in [3.63, 3.8) is 0 Å². The summed E-state index contributed by atoms with van der Waals surface area (Å²) in [6.45, 7) is 2.42. The Morgan fingerprint density at radius 3 is 2.84 bits per heavy atom. The van der Waals surface area contributed by atoms with Crippen molar-refractivity contribution in [2.75, 3.05) is 0 Å². The predicted molar refractivity (Wildman–Crippen MR) is 95.4 cm³/mol. The highest BCUT2D eigenvalue weighted by Crippen LogP contribution is 2.66. The number of benzene rings is 1. The van der Waals surface area contributed by atoms with E-state index in [-0.39, 0.29) is 17.0 Å². The van der Waals surface area contributed by atoms with E-state index in [2.05, 4.69) is 13.0 Å². The Morgan fingerprint density at radius 1 is 1.12 bits per heavy atom. The van der Waals surface area contributed by atoms with Crippen LogP contribution in [0.25, 0.3) is 0 Å². The first kappa shape index (κ1) is 15.7. The number of fused-ring (bicyclic) bond motifs is 6. The predicted octanol–water partition coefficient (Wildman–Crippen LogP) is 4.71. The topological polar surface area (TPSA) is 46.5 Å². The van der Waals surface area contributed by atoms with Crippen molar-refractivity contribution >= 4 is 5.97 Å². The van der Waals surface area contributed by atoms with Crippen LogP contribution < -0.4 is 0 Å². The molecule has 1 spiro atoms. The van der Waals surface area contributed by atoms with E-state index in [1.807, 2.05) is 12.1 Å². The van der Waals surface area contributed by atoms with Crippen molar-refractivity contribution < 1.29 is 14.6 Å². The Balaban J connectivity index is 1.49. The lowest BCUT2D eigenvalue weighted by Gasteiger charge is -2.55. The molecule has 5 rings (SSSR count). The number of ether oxygens (including phenoxy) is 1. The Labute approximate surface area is 149 Å². The van der Waals surface area contributed by atoms with E-state index >= 15 is 0 Å². The lowest BCUT2D eigenvalue weighted by molar-refractivity contribution is -0.190. The third-order valence-corrected chi connectivity index (χ3v) is 8.27. The molecule has 134 valence electrons. The fourth-order valence-electron chi connectivity index (χ4n) is 7.08. The lowest BCUT2D eigenvalue weighted by atomic mass is 9.52. The third-order valence-electron chi connectivity index (χ3n) is 8.27. The van der Waals surface area contributed by atoms with Gasteiger partial charge in [0.2, 0.25) is 0 Å². The molecule has 25 heavy (non-hydrogen) atoms. The molecule has 3 nitrogen and oxygen atoms in total. The maximum atomic E-state index is 12.1. The number of hydrogen-bond donors (Lipinski definition) is 1. The second kappa shape index (κ2) is 5.25. The average molecular weight is 340 g/mol. The van der Waals surface area contributed by atoms with Crippen LogP contribution in [0.4, 0.5) is 0 Å². The van der Waals surface area contributed by atoms with E-state index in [4.69, 9.17) is 4.74 Å². The molecule has 3 heteroatoms. The molecule has 1 aromatic rings. The zero-order valence-electron chi connectivity index (χ0n) is 15.1. The fourth-order valence-corrected chi connectivity index (χ4v) is 7.08. The van der Waals surface area contributed by atoms with Crippen LogP contribution in [0.2, 0.25) is 0 Å². The highest BCUT2D eigenvalue weighted by atomic mass is 16.6. The fraction of sp³-hybridized carbons (Fsp3) is 0.682. The number of aryl methyl sites for hydroxylation is 1. The lowest BCUT2D eigenvalue weighted by Crippen LogP contribution is -2.54. The molecule has 0 aromatic heterocycles. The maximum absolute atomic E-state index is 12.1. The summed E-state index contributed by atoms with van der Waals surface area (Å²) in [5.41, 5.74) is 2.78. The van der Waals surface area contributed by atoms with Gasteiger partial charge >= 0.3 is 5.97 Å². The van der Waals surface area contributed by atoms with E-state index in [1.165, 1.54) is 30.4 Å². The number of esters is 1. The smallest absolute Gasteiger partial charge is 0.306 e. The van der Waals surface area contributed by atoms with Crippen LogP contribution in [0.1, 0.15) is 75.3 Å². The largest absolute Gasteiger partial charge is 0.508 e. The van der Waals surface area contributed by atoms with Gasteiger partial charge < -0.3 is 9.84 Å². The summed E-state index contributed by atoms with van der Waals surface area (Å²) >= 11 is 0. The third kappa shape index (κ3) is 2.07. The molecule has 2 saturated carbocycles. The Morgan fingerprint density at radius 2 is 2.00 bits per heavy atom. The molecular formula is C22H28O3. The number of aromatic hydroxyl groups is 1. The SMILES string of the molecule is C[C@]12CCC3c4ccc(O)cc4CCC3C1CC[C@@]21CCCC(=O)O1. The van der Waals surface area contributed by atoms with Gasteiger partial charge in [0.15, 0.2) is 0 Å². The zero-order valence-corrected chi connectivity index (χ0v) is 15.1. The molecule has 0 bridgehead atoms. The second-order valence-electron chi connectivity index (χ2n) is 9.12. The molecule has 1 heterocycles. The van der Waals surface area contributed by atoms with E-state index in [9.17, 15) is 9.90 Å². The number of carbonyl (C=O) groups is 1. The zero-order chi connectivity index (χ0) is 17.2. The van der Waals surface area contributed by atoms with Gasteiger partial charge in [-0.15, -0.1) is 0 Å². The van der Waals surface area contributed by atoms with Gasteiger partial charge in [0.1, 0.15) is 11.4 Å². The number of rotatable bonds is 0. The average Bonchev–Trinajstić information content (AvgIpc) is 2.86. The van der Waals surface area contributed by atoms with E-state index < -0.39 is 0 Å². The number of phenols is 1. The minimum atomic E-state index is -0.187. The summed E-state index contributed by atoms with van der Waals surface area (Å²) in [7, 11) is 0. The van der Waals surface area contributed by atoms with E-state index in [0.29, 0.717) is 29.9 Å². The highest BCUT2D eigenvalue weighted by Gasteiger charge is 2.64. The van der Waals surface area contributed by atoms with Crippen LogP contribution in [-0.2, 0) is 16.0 Å². The summed E-state index contributed by atoms with van der Waals surface area (Å²) in [6.07, 6.45) is 9.57. The quantitative estimate of drug-likeness (QED) is 0.696. The van der Waals surface area contributed by atoms with Gasteiger partial charge in [-0.05, 0) is 92.4 Å². The van der Waals surface area contributed by atoms with Crippen LogP contribution in [0.3, 0.4) is 0 Å². The molecule has 1 N–H and O–H groups in total. The van der Waals surface area contributed by atoms with Gasteiger partial charge in [0.25, 0.3) is 0 Å². The van der Waals surface area contributed by atoms with Crippen LogP contribution in [0, 0.1) is 17.3 Å². The number of carbonyl (C=O) groups excluding carboxylic acids is 1. The molecule has 5 atom stereocenters. The van der Waals surface area contributed by atoms with Gasteiger partial charge in [-0.2, -0.15) is 0 Å². The molecule has 0 radical (unpaired) electrons. The molecule has 0 amide bonds. The van der Waals surface area contributed by atoms with Crippen LogP contribution >= 0.6 is 0 Å². The molecule has 4 aliphatic rings. The maximum Gasteiger partial charge on any atom is 0.306 e. The molecule has 3 unspecified atom stereocenters. The minimum Gasteiger partial charge on any atom is -0.508 e. The van der Waals surface area contributed by atoms with E-state index in [0.717, 1.165) is 32.1 Å². The van der Waals surface area contributed by atoms with Crippen LogP contribution in [0.5, 0.6) is 5.75 Å². The second-order valence-corrected chi connectivity index (χ2v) is 9.12.